The molecule has 0 saturated carbocycles. The molecule has 3 aromatic carbocycles. The Morgan fingerprint density at radius 2 is 1.62 bits per heavy atom. The monoisotopic (exact) mass is 318 g/mol. The average molecular weight is 318 g/mol. The van der Waals surface area contributed by atoms with Gasteiger partial charge in [0.25, 0.3) is 0 Å². The largest absolute Gasteiger partial charge is 0.477 e. The molecule has 0 aliphatic rings. The van der Waals surface area contributed by atoms with Crippen LogP contribution in [0.5, 0.6) is 5.88 Å². The van der Waals surface area contributed by atoms with E-state index in [0.29, 0.717) is 17.9 Å². The molecule has 0 spiro atoms. The van der Waals surface area contributed by atoms with Gasteiger partial charge in [0.15, 0.2) is 0 Å². The molecule has 4 rings (SSSR count). The highest BCUT2D eigenvalue weighted by molar-refractivity contribution is 5.86. The lowest BCUT2D eigenvalue weighted by molar-refractivity contribution is 0.313. The van der Waals surface area contributed by atoms with E-state index in [1.807, 2.05) is 18.2 Å². The van der Waals surface area contributed by atoms with E-state index in [0.717, 1.165) is 6.42 Å². The first kappa shape index (κ1) is 14.6. The molecule has 3 nitrogen and oxygen atoms in total. The molecule has 1 heterocycles. The fraction of sp³-hybridized carbons (Fsp3) is 0.100. The Morgan fingerprint density at radius 1 is 0.833 bits per heavy atom. The van der Waals surface area contributed by atoms with Crippen molar-refractivity contribution in [1.82, 2.24) is 9.97 Å². The highest BCUT2D eigenvalue weighted by atomic mass is 19.1. The topological polar surface area (TPSA) is 35.0 Å². The molecule has 0 amide bonds. The van der Waals surface area contributed by atoms with Crippen LogP contribution >= 0.6 is 0 Å². The number of fused-ring (bicyclic) bond motifs is 2. The zero-order valence-electron chi connectivity index (χ0n) is 12.9. The SMILES string of the molecule is Fc1cccc2c(OCCc3cccc4ccccc34)ncnc12. The first-order valence-corrected chi connectivity index (χ1v) is 7.81. The molecule has 0 radical (unpaired) electrons. The van der Waals surface area contributed by atoms with Gasteiger partial charge < -0.3 is 4.74 Å². The first-order valence-electron chi connectivity index (χ1n) is 7.81. The normalized spacial score (nSPS) is 11.0. The second kappa shape index (κ2) is 6.24. The minimum Gasteiger partial charge on any atom is -0.477 e. The summed E-state index contributed by atoms with van der Waals surface area (Å²) in [5.41, 5.74) is 1.50. The molecule has 0 unspecified atom stereocenters. The van der Waals surface area contributed by atoms with E-state index in [1.54, 1.807) is 12.1 Å². The molecule has 1 aromatic heterocycles. The van der Waals surface area contributed by atoms with Crippen LogP contribution in [-0.4, -0.2) is 16.6 Å². The van der Waals surface area contributed by atoms with Crippen molar-refractivity contribution < 1.29 is 9.13 Å². The molecule has 0 aliphatic heterocycles. The predicted octanol–water partition coefficient (Wildman–Crippen LogP) is 4.54. The second-order valence-electron chi connectivity index (χ2n) is 5.55. The Balaban J connectivity index is 1.57. The summed E-state index contributed by atoms with van der Waals surface area (Å²) in [5.74, 6) is 0.0496. The maximum Gasteiger partial charge on any atom is 0.224 e. The minimum atomic E-state index is -0.367. The molecule has 4 heteroatoms. The first-order chi connectivity index (χ1) is 11.8. The standard InChI is InChI=1S/C20H15FN2O/c21-18-10-4-9-17-19(18)22-13-23-20(17)24-12-11-15-7-3-6-14-5-1-2-8-16(14)15/h1-10,13H,11-12H2. The third-order valence-electron chi connectivity index (χ3n) is 4.07. The number of benzene rings is 3. The van der Waals surface area contributed by atoms with Gasteiger partial charge in [-0.05, 0) is 28.5 Å². The van der Waals surface area contributed by atoms with E-state index in [-0.39, 0.29) is 11.3 Å². The van der Waals surface area contributed by atoms with Crippen molar-refractivity contribution in [3.05, 3.63) is 78.4 Å². The predicted molar refractivity (Wildman–Crippen MR) is 92.6 cm³/mol. The van der Waals surface area contributed by atoms with Gasteiger partial charge in [-0.25, -0.2) is 14.4 Å². The number of aromatic nitrogens is 2. The van der Waals surface area contributed by atoms with E-state index in [4.69, 9.17) is 4.74 Å². The lowest BCUT2D eigenvalue weighted by Gasteiger charge is -2.09. The van der Waals surface area contributed by atoms with Crippen LogP contribution in [0.2, 0.25) is 0 Å². The number of rotatable bonds is 4. The van der Waals surface area contributed by atoms with Crippen LogP contribution in [0.3, 0.4) is 0 Å². The highest BCUT2D eigenvalue weighted by Gasteiger charge is 2.08. The Hall–Kier alpha value is -3.01. The lowest BCUT2D eigenvalue weighted by Crippen LogP contribution is -2.04. The maximum atomic E-state index is 13.8. The van der Waals surface area contributed by atoms with Crippen LogP contribution < -0.4 is 4.74 Å². The molecule has 0 N–H and O–H groups in total. The minimum absolute atomic E-state index is 0.285. The molecule has 0 aliphatic carbocycles. The molecule has 0 atom stereocenters. The van der Waals surface area contributed by atoms with E-state index in [1.165, 1.54) is 28.7 Å². The van der Waals surface area contributed by atoms with E-state index in [9.17, 15) is 4.39 Å². The van der Waals surface area contributed by atoms with Crippen LogP contribution in [0.1, 0.15) is 5.56 Å². The molecule has 4 aromatic rings. The van der Waals surface area contributed by atoms with Crippen LogP contribution in [-0.2, 0) is 6.42 Å². The Bertz CT molecular complexity index is 1010. The lowest BCUT2D eigenvalue weighted by atomic mass is 10.0. The van der Waals surface area contributed by atoms with Gasteiger partial charge in [0.2, 0.25) is 5.88 Å². The van der Waals surface area contributed by atoms with Crippen molar-refractivity contribution in [2.75, 3.05) is 6.61 Å². The highest BCUT2D eigenvalue weighted by Crippen LogP contribution is 2.24. The number of ether oxygens (including phenoxy) is 1. The summed E-state index contributed by atoms with van der Waals surface area (Å²) < 4.78 is 19.6. The van der Waals surface area contributed by atoms with Crippen molar-refractivity contribution >= 4 is 21.7 Å². The Kier molecular flexibility index (Phi) is 3.79. The van der Waals surface area contributed by atoms with Gasteiger partial charge in [0.05, 0.1) is 12.0 Å². The third-order valence-corrected chi connectivity index (χ3v) is 4.07. The smallest absolute Gasteiger partial charge is 0.224 e. The molecule has 0 saturated heterocycles. The van der Waals surface area contributed by atoms with E-state index >= 15 is 0 Å². The van der Waals surface area contributed by atoms with Crippen molar-refractivity contribution in [1.29, 1.82) is 0 Å². The number of nitrogens with zero attached hydrogens (tertiary/aromatic N) is 2. The summed E-state index contributed by atoms with van der Waals surface area (Å²) in [5, 5.41) is 3.03. The molecular weight excluding hydrogens is 303 g/mol. The summed E-state index contributed by atoms with van der Waals surface area (Å²) in [4.78, 5) is 8.12. The molecule has 24 heavy (non-hydrogen) atoms. The maximum absolute atomic E-state index is 13.8. The molecular formula is C20H15FN2O. The summed E-state index contributed by atoms with van der Waals surface area (Å²) in [6.07, 6.45) is 2.08. The van der Waals surface area contributed by atoms with Crippen LogP contribution in [0.4, 0.5) is 4.39 Å². The van der Waals surface area contributed by atoms with Gasteiger partial charge in [-0.2, -0.15) is 0 Å². The van der Waals surface area contributed by atoms with Crippen molar-refractivity contribution in [2.45, 2.75) is 6.42 Å². The summed E-state index contributed by atoms with van der Waals surface area (Å²) in [7, 11) is 0. The fourth-order valence-electron chi connectivity index (χ4n) is 2.91. The van der Waals surface area contributed by atoms with Crippen molar-refractivity contribution in [3.8, 4) is 5.88 Å². The van der Waals surface area contributed by atoms with Crippen LogP contribution in [0.25, 0.3) is 21.7 Å². The molecule has 0 fully saturated rings. The Morgan fingerprint density at radius 3 is 2.58 bits per heavy atom. The van der Waals surface area contributed by atoms with Crippen LogP contribution in [0.15, 0.2) is 67.0 Å². The number of hydrogen-bond acceptors (Lipinski definition) is 3. The number of para-hydroxylation sites is 1. The van der Waals surface area contributed by atoms with Crippen LogP contribution in [0, 0.1) is 5.82 Å². The van der Waals surface area contributed by atoms with Gasteiger partial charge in [0, 0.05) is 6.42 Å². The van der Waals surface area contributed by atoms with Gasteiger partial charge in [-0.15, -0.1) is 0 Å². The van der Waals surface area contributed by atoms with Crippen molar-refractivity contribution in [3.63, 3.8) is 0 Å². The van der Waals surface area contributed by atoms with Crippen molar-refractivity contribution in [2.24, 2.45) is 0 Å². The quantitative estimate of drug-likeness (QED) is 0.554. The number of hydrogen-bond donors (Lipinski definition) is 0. The second-order valence-corrected chi connectivity index (χ2v) is 5.55. The van der Waals surface area contributed by atoms with Gasteiger partial charge in [-0.1, -0.05) is 48.5 Å². The average Bonchev–Trinajstić information content (AvgIpc) is 2.63. The fourth-order valence-corrected chi connectivity index (χ4v) is 2.91. The van der Waals surface area contributed by atoms with Gasteiger partial charge in [0.1, 0.15) is 17.7 Å². The number of halogens is 1. The summed E-state index contributed by atoms with van der Waals surface area (Å²) >= 11 is 0. The van der Waals surface area contributed by atoms with Gasteiger partial charge in [-0.3, -0.25) is 0 Å². The molecule has 118 valence electrons. The third kappa shape index (κ3) is 2.67. The van der Waals surface area contributed by atoms with E-state index < -0.39 is 0 Å². The Labute approximate surface area is 138 Å². The zero-order chi connectivity index (χ0) is 16.4. The van der Waals surface area contributed by atoms with E-state index in [2.05, 4.69) is 34.2 Å². The summed E-state index contributed by atoms with van der Waals surface area (Å²) in [6.45, 7) is 0.469. The zero-order valence-corrected chi connectivity index (χ0v) is 12.9. The van der Waals surface area contributed by atoms with Gasteiger partial charge >= 0.3 is 0 Å². The summed E-state index contributed by atoms with van der Waals surface area (Å²) in [6, 6.07) is 19.3. The molecule has 0 bridgehead atoms.